The number of benzene rings is 6. The van der Waals surface area contributed by atoms with E-state index in [0.717, 1.165) is 50.6 Å². The van der Waals surface area contributed by atoms with Crippen LogP contribution < -0.4 is 0 Å². The second-order valence-corrected chi connectivity index (χ2v) is 13.7. The predicted molar refractivity (Wildman–Crippen MR) is 234 cm³/mol. The smallest absolute Gasteiger partial charge is 0.455 e. The van der Waals surface area contributed by atoms with Gasteiger partial charge in [-0.05, 0) is 43.2 Å². The monoisotopic (exact) mass is 808 g/mol. The summed E-state index contributed by atoms with van der Waals surface area (Å²) >= 11 is 0. The summed E-state index contributed by atoms with van der Waals surface area (Å²) in [4.78, 5) is 7.53. The van der Waals surface area contributed by atoms with Crippen LogP contribution in [0.15, 0.2) is 184 Å². The first kappa shape index (κ1) is 41.3. The molecule has 1 aromatic heterocycles. The van der Waals surface area contributed by atoms with Gasteiger partial charge in [0.1, 0.15) is 11.2 Å². The summed E-state index contributed by atoms with van der Waals surface area (Å²) in [7, 11) is 1.64. The molecule has 0 bridgehead atoms. The molecule has 9 rings (SSSR count). The molecule has 0 saturated carbocycles. The Bertz CT molecular complexity index is 2540. The zero-order valence-electron chi connectivity index (χ0n) is 32.3. The number of furan rings is 1. The first-order chi connectivity index (χ1) is 26.8. The molecule has 6 aromatic carbocycles. The molecule has 0 atom stereocenters. The Labute approximate surface area is 346 Å². The van der Waals surface area contributed by atoms with Gasteiger partial charge in [-0.1, -0.05) is 146 Å². The zero-order valence-corrected chi connectivity index (χ0v) is 34.5. The van der Waals surface area contributed by atoms with Gasteiger partial charge < -0.3 is 9.41 Å². The Morgan fingerprint density at radius 1 is 0.786 bits per heavy atom. The van der Waals surface area contributed by atoms with Crippen molar-refractivity contribution in [3.63, 3.8) is 0 Å². The Morgan fingerprint density at radius 2 is 1.50 bits per heavy atom. The van der Waals surface area contributed by atoms with E-state index in [-0.39, 0.29) is 33.6 Å². The molecular weight excluding hydrogens is 763 g/mol. The molecule has 0 unspecified atom stereocenters. The molecule has 0 spiro atoms. The van der Waals surface area contributed by atoms with Crippen molar-refractivity contribution in [1.82, 2.24) is 0 Å². The van der Waals surface area contributed by atoms with Gasteiger partial charge >= 0.3 is 22.4 Å². The van der Waals surface area contributed by atoms with Crippen molar-refractivity contribution in [1.29, 1.82) is 5.41 Å². The van der Waals surface area contributed by atoms with Crippen LogP contribution in [0.2, 0.25) is 0 Å². The van der Waals surface area contributed by atoms with E-state index in [4.69, 9.17) is 9.83 Å². The quantitative estimate of drug-likeness (QED) is 0.0822. The van der Waals surface area contributed by atoms with Crippen LogP contribution in [0.4, 0.5) is 0 Å². The van der Waals surface area contributed by atoms with Gasteiger partial charge in [-0.25, -0.2) is 16.1 Å². The van der Waals surface area contributed by atoms with Crippen LogP contribution in [0, 0.1) is 17.5 Å². The SMILES string of the molecule is C=NC.CC1(C)c2ccccc2-c2c[c-]c(-c3[c-]cccc3)cc21.CC1=CCC=CC=C1.N=C(N=Cc1cccc2c1oc1ccccc12)c1ccccc1.[Nb+2]. The largest absolute Gasteiger partial charge is 2.00 e. The van der Waals surface area contributed by atoms with E-state index in [1.54, 1.807) is 13.3 Å². The molecule has 1 N–H and O–H groups in total. The van der Waals surface area contributed by atoms with Crippen LogP contribution in [0.1, 0.15) is 49.4 Å². The topological polar surface area (TPSA) is 61.7 Å². The number of amidine groups is 1. The number of para-hydroxylation sites is 2. The van der Waals surface area contributed by atoms with Crippen LogP contribution in [-0.2, 0) is 27.8 Å². The fourth-order valence-corrected chi connectivity index (χ4v) is 6.72. The number of nitrogens with zero attached hydrogens (tertiary/aromatic N) is 2. The number of nitrogens with one attached hydrogen (secondary N) is 1. The Balaban J connectivity index is 0.000000168. The molecule has 7 aromatic rings. The molecule has 275 valence electrons. The van der Waals surface area contributed by atoms with Crippen molar-refractivity contribution in [3.8, 4) is 22.3 Å². The fourth-order valence-electron chi connectivity index (χ4n) is 6.72. The molecule has 0 fully saturated rings. The Hall–Kier alpha value is -5.91. The molecule has 1 heterocycles. The molecule has 56 heavy (non-hydrogen) atoms. The maximum absolute atomic E-state index is 8.07. The van der Waals surface area contributed by atoms with Gasteiger partial charge in [0.25, 0.3) is 0 Å². The van der Waals surface area contributed by atoms with E-state index in [0.29, 0.717) is 0 Å². The third-order valence-corrected chi connectivity index (χ3v) is 9.51. The minimum Gasteiger partial charge on any atom is -0.455 e. The van der Waals surface area contributed by atoms with Gasteiger partial charge in [0.15, 0.2) is 5.84 Å². The number of fused-ring (bicyclic) bond motifs is 6. The third kappa shape index (κ3) is 9.66. The molecule has 2 aliphatic rings. The summed E-state index contributed by atoms with van der Waals surface area (Å²) in [6, 6.07) is 51.4. The minimum absolute atomic E-state index is 0. The summed E-state index contributed by atoms with van der Waals surface area (Å²) in [5.74, 6) is 0.235. The molecule has 0 amide bonds. The van der Waals surface area contributed by atoms with Crippen molar-refractivity contribution in [3.05, 3.63) is 204 Å². The number of hydrogen-bond acceptors (Lipinski definition) is 3. The fraction of sp³-hybridized carbons (Fsp3) is 0.118. The molecule has 1 radical (unpaired) electrons. The second kappa shape index (κ2) is 19.6. The van der Waals surface area contributed by atoms with Crippen LogP contribution in [0.25, 0.3) is 44.2 Å². The molecule has 5 heteroatoms. The average Bonchev–Trinajstić information content (AvgIpc) is 3.59. The predicted octanol–water partition coefficient (Wildman–Crippen LogP) is 13.1. The molecule has 0 saturated heterocycles. The van der Waals surface area contributed by atoms with Gasteiger partial charge in [0.2, 0.25) is 0 Å². The average molecular weight is 809 g/mol. The van der Waals surface area contributed by atoms with Crippen LogP contribution in [-0.4, -0.2) is 25.8 Å². The molecule has 0 aliphatic heterocycles. The molecule has 2 aliphatic carbocycles. The summed E-state index contributed by atoms with van der Waals surface area (Å²) in [6.45, 7) is 9.83. The number of hydrogen-bond donors (Lipinski definition) is 1. The normalized spacial score (nSPS) is 13.0. The van der Waals surface area contributed by atoms with Gasteiger partial charge in [-0.3, -0.25) is 5.41 Å². The minimum atomic E-state index is 0. The molecule has 4 nitrogen and oxygen atoms in total. The van der Waals surface area contributed by atoms with Gasteiger partial charge in [-0.2, -0.15) is 36.4 Å². The van der Waals surface area contributed by atoms with Gasteiger partial charge in [0.05, 0.1) is 0 Å². The van der Waals surface area contributed by atoms with E-state index < -0.39 is 0 Å². The molecular formula is C51H45N3NbO. The van der Waals surface area contributed by atoms with Gasteiger partial charge in [-0.15, -0.1) is 17.7 Å². The van der Waals surface area contributed by atoms with Crippen molar-refractivity contribution >= 4 is 40.7 Å². The maximum Gasteiger partial charge on any atom is 2.00 e. The third-order valence-electron chi connectivity index (χ3n) is 9.51. The van der Waals surface area contributed by atoms with E-state index in [9.17, 15) is 0 Å². The van der Waals surface area contributed by atoms with Gasteiger partial charge in [0, 0.05) is 35.2 Å². The van der Waals surface area contributed by atoms with Crippen molar-refractivity contribution in [2.24, 2.45) is 9.98 Å². The summed E-state index contributed by atoms with van der Waals surface area (Å²) in [6.07, 6.45) is 13.4. The number of rotatable bonds is 3. The van der Waals surface area contributed by atoms with E-state index in [2.05, 4.69) is 122 Å². The van der Waals surface area contributed by atoms with Crippen LogP contribution in [0.5, 0.6) is 0 Å². The summed E-state index contributed by atoms with van der Waals surface area (Å²) < 4.78 is 5.96. The standard InChI is InChI=1S/C21H16.C20H14N2O.C8H10.C2H5N.Nb/c1-21(2)19-11-7-6-10-17(19)18-13-12-16(14-20(18)21)15-8-4-3-5-9-15;21-20(14-7-2-1-3-8-14)22-13-15-9-6-11-17-16-10-4-5-12-18(16)23-19(15)17;1-8-6-4-2-3-5-7-8;1-3-2;/h3-8,10-11,13-14H,1-2H3;1-13,21H;2-4,6-7H,5H2,1H3;1H2,2H3;/q-2;;;;+2. The van der Waals surface area contributed by atoms with Crippen LogP contribution >= 0.6 is 0 Å². The van der Waals surface area contributed by atoms with Crippen molar-refractivity contribution in [2.45, 2.75) is 32.6 Å². The van der Waals surface area contributed by atoms with E-state index in [1.165, 1.54) is 27.8 Å². The van der Waals surface area contributed by atoms with Crippen molar-refractivity contribution < 1.29 is 26.8 Å². The second-order valence-electron chi connectivity index (χ2n) is 13.7. The summed E-state index contributed by atoms with van der Waals surface area (Å²) in [5, 5.41) is 10.2. The number of aliphatic imine (C=N–C) groups is 2. The maximum atomic E-state index is 8.07. The first-order valence-corrected chi connectivity index (χ1v) is 18.4. The Morgan fingerprint density at radius 3 is 2.29 bits per heavy atom. The number of allylic oxidation sites excluding steroid dienone is 6. The summed E-state index contributed by atoms with van der Waals surface area (Å²) in [5.41, 5.74) is 12.4. The van der Waals surface area contributed by atoms with Crippen LogP contribution in [0.3, 0.4) is 0 Å². The van der Waals surface area contributed by atoms with E-state index in [1.807, 2.05) is 91.0 Å². The van der Waals surface area contributed by atoms with E-state index >= 15 is 0 Å². The Kier molecular flexibility index (Phi) is 14.4. The van der Waals surface area contributed by atoms with Crippen molar-refractivity contribution in [2.75, 3.05) is 7.05 Å². The zero-order chi connectivity index (χ0) is 38.6. The first-order valence-electron chi connectivity index (χ1n) is 18.4.